The van der Waals surface area contributed by atoms with E-state index in [0.717, 1.165) is 18.4 Å². The smallest absolute Gasteiger partial charge is 0.200 e. The minimum Gasteiger partial charge on any atom is -0.490 e. The molecule has 0 heterocycles. The summed E-state index contributed by atoms with van der Waals surface area (Å²) in [7, 11) is 0. The molecule has 2 rings (SSSR count). The predicted molar refractivity (Wildman–Crippen MR) is 63.1 cm³/mol. The summed E-state index contributed by atoms with van der Waals surface area (Å²) in [5, 5.41) is 0. The second-order valence-corrected chi connectivity index (χ2v) is 5.20. The molecule has 0 atom stereocenters. The van der Waals surface area contributed by atoms with Crippen LogP contribution in [0.4, 0.5) is 8.78 Å². The molecule has 17 heavy (non-hydrogen) atoms. The number of hydrogen-bond acceptors (Lipinski definition) is 1. The molecule has 0 saturated heterocycles. The van der Waals surface area contributed by atoms with Gasteiger partial charge in [0.05, 0.1) is 6.61 Å². The van der Waals surface area contributed by atoms with Crippen molar-refractivity contribution in [2.24, 2.45) is 11.8 Å². The highest BCUT2D eigenvalue weighted by molar-refractivity contribution is 5.36. The van der Waals surface area contributed by atoms with Crippen LogP contribution in [0.15, 0.2) is 12.1 Å². The van der Waals surface area contributed by atoms with Crippen molar-refractivity contribution in [1.29, 1.82) is 0 Å². The fourth-order valence-corrected chi connectivity index (χ4v) is 1.81. The highest BCUT2D eigenvalue weighted by Gasteiger charge is 2.24. The number of benzene rings is 1. The molecule has 0 bridgehead atoms. The van der Waals surface area contributed by atoms with E-state index in [1.807, 2.05) is 13.8 Å². The van der Waals surface area contributed by atoms with Gasteiger partial charge in [0.25, 0.3) is 0 Å². The van der Waals surface area contributed by atoms with Crippen LogP contribution in [0.5, 0.6) is 5.75 Å². The Morgan fingerprint density at radius 2 is 2.00 bits per heavy atom. The van der Waals surface area contributed by atoms with Crippen molar-refractivity contribution in [2.45, 2.75) is 33.1 Å². The van der Waals surface area contributed by atoms with Gasteiger partial charge in [-0.05, 0) is 42.7 Å². The van der Waals surface area contributed by atoms with Gasteiger partial charge in [-0.15, -0.1) is 0 Å². The standard InChI is InChI=1S/C14H18F2O/c1-9(2)7-11-5-6-12(15)13(16)14(11)17-8-10-3-4-10/h5-6,9-10H,3-4,7-8H2,1-2H3. The lowest BCUT2D eigenvalue weighted by Gasteiger charge is -2.14. The van der Waals surface area contributed by atoms with Crippen LogP contribution in [0.3, 0.4) is 0 Å². The van der Waals surface area contributed by atoms with E-state index in [9.17, 15) is 8.78 Å². The van der Waals surface area contributed by atoms with Gasteiger partial charge in [0, 0.05) is 0 Å². The first-order valence-corrected chi connectivity index (χ1v) is 6.17. The van der Waals surface area contributed by atoms with Gasteiger partial charge in [-0.2, -0.15) is 4.39 Å². The maximum atomic E-state index is 13.7. The number of rotatable bonds is 5. The number of ether oxygens (including phenoxy) is 1. The Kier molecular flexibility index (Phi) is 3.65. The fourth-order valence-electron chi connectivity index (χ4n) is 1.81. The lowest BCUT2D eigenvalue weighted by atomic mass is 10.0. The maximum absolute atomic E-state index is 13.7. The Balaban J connectivity index is 2.19. The molecule has 1 saturated carbocycles. The molecule has 1 nitrogen and oxygen atoms in total. The molecular weight excluding hydrogens is 222 g/mol. The van der Waals surface area contributed by atoms with Gasteiger partial charge in [-0.3, -0.25) is 0 Å². The second kappa shape index (κ2) is 5.03. The highest BCUT2D eigenvalue weighted by Crippen LogP contribution is 2.32. The summed E-state index contributed by atoms with van der Waals surface area (Å²) >= 11 is 0. The zero-order valence-electron chi connectivity index (χ0n) is 10.3. The van der Waals surface area contributed by atoms with Gasteiger partial charge in [-0.25, -0.2) is 4.39 Å². The second-order valence-electron chi connectivity index (χ2n) is 5.20. The van der Waals surface area contributed by atoms with E-state index in [1.165, 1.54) is 6.07 Å². The largest absolute Gasteiger partial charge is 0.490 e. The third-order valence-corrected chi connectivity index (χ3v) is 2.92. The normalized spacial score (nSPS) is 15.4. The fraction of sp³-hybridized carbons (Fsp3) is 0.571. The average molecular weight is 240 g/mol. The van der Waals surface area contributed by atoms with Crippen molar-refractivity contribution in [3.63, 3.8) is 0 Å². The van der Waals surface area contributed by atoms with Crippen molar-refractivity contribution >= 4 is 0 Å². The van der Waals surface area contributed by atoms with E-state index in [0.29, 0.717) is 24.9 Å². The molecule has 1 aliphatic rings. The Morgan fingerprint density at radius 1 is 1.29 bits per heavy atom. The van der Waals surface area contributed by atoms with Crippen molar-refractivity contribution in [3.05, 3.63) is 29.3 Å². The molecule has 1 aliphatic carbocycles. The van der Waals surface area contributed by atoms with Gasteiger partial charge < -0.3 is 4.74 Å². The van der Waals surface area contributed by atoms with E-state index >= 15 is 0 Å². The topological polar surface area (TPSA) is 9.23 Å². The summed E-state index contributed by atoms with van der Waals surface area (Å²) < 4.78 is 32.3. The molecule has 94 valence electrons. The van der Waals surface area contributed by atoms with Crippen molar-refractivity contribution in [3.8, 4) is 5.75 Å². The Hall–Kier alpha value is -1.12. The summed E-state index contributed by atoms with van der Waals surface area (Å²) in [6.45, 7) is 4.60. The van der Waals surface area contributed by atoms with Crippen LogP contribution in [0.25, 0.3) is 0 Å². The van der Waals surface area contributed by atoms with Crippen LogP contribution in [0.2, 0.25) is 0 Å². The molecule has 1 aromatic rings. The SMILES string of the molecule is CC(C)Cc1ccc(F)c(F)c1OCC1CC1. The van der Waals surface area contributed by atoms with Crippen molar-refractivity contribution in [1.82, 2.24) is 0 Å². The van der Waals surface area contributed by atoms with E-state index in [1.54, 1.807) is 6.07 Å². The first-order valence-electron chi connectivity index (χ1n) is 6.17. The summed E-state index contributed by atoms with van der Waals surface area (Å²) in [5.74, 6) is -0.634. The van der Waals surface area contributed by atoms with Crippen molar-refractivity contribution < 1.29 is 13.5 Å². The molecule has 0 amide bonds. The van der Waals surface area contributed by atoms with Crippen LogP contribution >= 0.6 is 0 Å². The Morgan fingerprint density at radius 3 is 2.59 bits per heavy atom. The van der Waals surface area contributed by atoms with Gasteiger partial charge in [-0.1, -0.05) is 19.9 Å². The van der Waals surface area contributed by atoms with E-state index in [4.69, 9.17) is 4.74 Å². The van der Waals surface area contributed by atoms with E-state index in [-0.39, 0.29) is 5.75 Å². The molecule has 0 aromatic heterocycles. The van der Waals surface area contributed by atoms with Crippen LogP contribution in [-0.4, -0.2) is 6.61 Å². The summed E-state index contributed by atoms with van der Waals surface area (Å²) in [5.41, 5.74) is 0.763. The number of halogens is 2. The molecule has 0 unspecified atom stereocenters. The maximum Gasteiger partial charge on any atom is 0.200 e. The zero-order valence-corrected chi connectivity index (χ0v) is 10.3. The van der Waals surface area contributed by atoms with E-state index in [2.05, 4.69) is 0 Å². The van der Waals surface area contributed by atoms with E-state index < -0.39 is 11.6 Å². The van der Waals surface area contributed by atoms with Gasteiger partial charge in [0.15, 0.2) is 11.6 Å². The third kappa shape index (κ3) is 3.18. The third-order valence-electron chi connectivity index (χ3n) is 2.92. The van der Waals surface area contributed by atoms with Crippen LogP contribution in [-0.2, 0) is 6.42 Å². The molecule has 0 aliphatic heterocycles. The summed E-state index contributed by atoms with van der Waals surface area (Å²) in [4.78, 5) is 0. The molecular formula is C14H18F2O. The van der Waals surface area contributed by atoms with Gasteiger partial charge in [0.2, 0.25) is 5.82 Å². The predicted octanol–water partition coefficient (Wildman–Crippen LogP) is 3.95. The zero-order chi connectivity index (χ0) is 12.4. The Labute approximate surface area is 101 Å². The van der Waals surface area contributed by atoms with Crippen LogP contribution in [0.1, 0.15) is 32.3 Å². The molecule has 3 heteroatoms. The average Bonchev–Trinajstić information content (AvgIpc) is 3.06. The molecule has 0 N–H and O–H groups in total. The lowest BCUT2D eigenvalue weighted by Crippen LogP contribution is -2.07. The molecule has 0 spiro atoms. The quantitative estimate of drug-likeness (QED) is 0.757. The van der Waals surface area contributed by atoms with Gasteiger partial charge >= 0.3 is 0 Å². The summed E-state index contributed by atoms with van der Waals surface area (Å²) in [6, 6.07) is 2.80. The van der Waals surface area contributed by atoms with Crippen LogP contribution in [0, 0.1) is 23.5 Å². The first-order chi connectivity index (χ1) is 8.08. The monoisotopic (exact) mass is 240 g/mol. The van der Waals surface area contributed by atoms with Crippen molar-refractivity contribution in [2.75, 3.05) is 6.61 Å². The molecule has 1 fully saturated rings. The van der Waals surface area contributed by atoms with Gasteiger partial charge in [0.1, 0.15) is 0 Å². The number of hydrogen-bond donors (Lipinski definition) is 0. The first kappa shape index (κ1) is 12.3. The summed E-state index contributed by atoms with van der Waals surface area (Å²) in [6.07, 6.45) is 2.98. The lowest BCUT2D eigenvalue weighted by molar-refractivity contribution is 0.276. The minimum atomic E-state index is -0.844. The molecule has 1 aromatic carbocycles. The Bertz CT molecular complexity index is 397. The molecule has 0 radical (unpaired) electrons. The minimum absolute atomic E-state index is 0.116. The highest BCUT2D eigenvalue weighted by atomic mass is 19.2. The van der Waals surface area contributed by atoms with Crippen LogP contribution < -0.4 is 4.74 Å².